The van der Waals surface area contributed by atoms with Crippen LogP contribution in [0.1, 0.15) is 84.2 Å². The number of rotatable bonds is 5. The fraction of sp³-hybridized carbons (Fsp3) is 0.727. The number of amides is 1. The summed E-state index contributed by atoms with van der Waals surface area (Å²) in [6.07, 6.45) is 9.52. The van der Waals surface area contributed by atoms with Crippen molar-refractivity contribution >= 4 is 11.9 Å². The highest BCUT2D eigenvalue weighted by Crippen LogP contribution is 2.38. The van der Waals surface area contributed by atoms with E-state index in [0.29, 0.717) is 6.04 Å². The highest BCUT2D eigenvalue weighted by Gasteiger charge is 2.37. The van der Waals surface area contributed by atoms with E-state index in [2.05, 4.69) is 17.9 Å². The minimum atomic E-state index is -0.507. The van der Waals surface area contributed by atoms with Gasteiger partial charge in [-0.15, -0.1) is 0 Å². The van der Waals surface area contributed by atoms with Crippen molar-refractivity contribution in [3.05, 3.63) is 23.9 Å². The number of anilines is 1. The van der Waals surface area contributed by atoms with E-state index in [0.717, 1.165) is 51.0 Å². The molecule has 0 bridgehead atoms. The van der Waals surface area contributed by atoms with Crippen LogP contribution < -0.4 is 4.90 Å². The van der Waals surface area contributed by atoms with Gasteiger partial charge in [0.05, 0.1) is 0 Å². The molecule has 1 saturated heterocycles. The number of piperidine rings is 1. The van der Waals surface area contributed by atoms with E-state index in [9.17, 15) is 4.79 Å². The molecule has 1 saturated carbocycles. The van der Waals surface area contributed by atoms with Gasteiger partial charge in [-0.25, -0.2) is 9.78 Å². The second-order valence-corrected chi connectivity index (χ2v) is 8.90. The molecule has 1 aromatic heterocycles. The first-order chi connectivity index (χ1) is 12.9. The number of hydrogen-bond acceptors (Lipinski definition) is 4. The maximum Gasteiger partial charge on any atom is 0.416 e. The summed E-state index contributed by atoms with van der Waals surface area (Å²) in [5.74, 6) is 0.810. The molecule has 0 spiro atoms. The molecule has 1 aliphatic carbocycles. The fourth-order valence-corrected chi connectivity index (χ4v) is 4.13. The Morgan fingerprint density at radius 3 is 2.67 bits per heavy atom. The Hall–Kier alpha value is -1.62. The molecule has 3 rings (SSSR count). The summed E-state index contributed by atoms with van der Waals surface area (Å²) >= 11 is 0. The van der Waals surface area contributed by atoms with Crippen LogP contribution in [0.25, 0.3) is 0 Å². The summed E-state index contributed by atoms with van der Waals surface area (Å²) in [4.78, 5) is 22.2. The standard InChI is InChI=1S/C22H35N3O2/c1-5-15-24-16-7-6-13-19(24)18-12-9-14-23-20(18)25(17-10-8-11-17)21(26)27-22(2,3)4/h9,12,14,17,19H,5-8,10-11,13,15-16H2,1-4H3. The highest BCUT2D eigenvalue weighted by atomic mass is 16.6. The van der Waals surface area contributed by atoms with Gasteiger partial charge in [0.15, 0.2) is 0 Å². The van der Waals surface area contributed by atoms with E-state index < -0.39 is 5.60 Å². The molecule has 1 atom stereocenters. The zero-order chi connectivity index (χ0) is 19.4. The van der Waals surface area contributed by atoms with Crippen molar-refractivity contribution in [3.63, 3.8) is 0 Å². The number of pyridine rings is 1. The van der Waals surface area contributed by atoms with Crippen LogP contribution in [-0.4, -0.2) is 40.7 Å². The van der Waals surface area contributed by atoms with Gasteiger partial charge in [-0.2, -0.15) is 0 Å². The quantitative estimate of drug-likeness (QED) is 0.701. The van der Waals surface area contributed by atoms with E-state index in [1.54, 1.807) is 0 Å². The molecule has 1 unspecified atom stereocenters. The third-order valence-electron chi connectivity index (χ3n) is 5.56. The predicted octanol–water partition coefficient (Wildman–Crippen LogP) is 5.31. The smallest absolute Gasteiger partial charge is 0.416 e. The van der Waals surface area contributed by atoms with Gasteiger partial charge in [-0.1, -0.05) is 19.4 Å². The maximum atomic E-state index is 13.1. The van der Waals surface area contributed by atoms with E-state index >= 15 is 0 Å². The van der Waals surface area contributed by atoms with Crippen LogP contribution in [0.15, 0.2) is 18.3 Å². The third kappa shape index (κ3) is 4.81. The van der Waals surface area contributed by atoms with Gasteiger partial charge in [-0.05, 0) is 78.5 Å². The van der Waals surface area contributed by atoms with Crippen LogP contribution in [0.2, 0.25) is 0 Å². The SMILES string of the molecule is CCCN1CCCCC1c1cccnc1N(C(=O)OC(C)(C)C)C1CCC1. The normalized spacial score (nSPS) is 21.6. The molecule has 1 aromatic rings. The first-order valence-corrected chi connectivity index (χ1v) is 10.6. The molecule has 5 heteroatoms. The minimum absolute atomic E-state index is 0.205. The number of likely N-dealkylation sites (tertiary alicyclic amines) is 1. The number of ether oxygens (including phenoxy) is 1. The second kappa shape index (κ2) is 8.59. The second-order valence-electron chi connectivity index (χ2n) is 8.90. The van der Waals surface area contributed by atoms with Crippen molar-refractivity contribution < 1.29 is 9.53 Å². The van der Waals surface area contributed by atoms with Crippen molar-refractivity contribution in [1.29, 1.82) is 0 Å². The molecular weight excluding hydrogens is 338 g/mol. The van der Waals surface area contributed by atoms with Gasteiger partial charge in [-0.3, -0.25) is 9.80 Å². The summed E-state index contributed by atoms with van der Waals surface area (Å²) in [7, 11) is 0. The van der Waals surface area contributed by atoms with Crippen LogP contribution in [-0.2, 0) is 4.74 Å². The van der Waals surface area contributed by atoms with Gasteiger partial charge < -0.3 is 4.74 Å². The summed E-state index contributed by atoms with van der Waals surface area (Å²) in [5, 5.41) is 0. The topological polar surface area (TPSA) is 45.7 Å². The maximum absolute atomic E-state index is 13.1. The lowest BCUT2D eigenvalue weighted by Gasteiger charge is -2.41. The van der Waals surface area contributed by atoms with Crippen molar-refractivity contribution in [3.8, 4) is 0 Å². The van der Waals surface area contributed by atoms with Crippen LogP contribution >= 0.6 is 0 Å². The van der Waals surface area contributed by atoms with Crippen molar-refractivity contribution in [1.82, 2.24) is 9.88 Å². The number of carbonyl (C=O) groups excluding carboxylic acids is 1. The molecule has 2 aliphatic rings. The zero-order valence-electron chi connectivity index (χ0n) is 17.4. The summed E-state index contributed by atoms with van der Waals surface area (Å²) in [6.45, 7) is 10.2. The zero-order valence-corrected chi connectivity index (χ0v) is 17.4. The molecule has 2 heterocycles. The molecule has 0 aromatic carbocycles. The van der Waals surface area contributed by atoms with Gasteiger partial charge in [0, 0.05) is 23.8 Å². The van der Waals surface area contributed by atoms with Crippen molar-refractivity contribution in [2.24, 2.45) is 0 Å². The van der Waals surface area contributed by atoms with Crippen molar-refractivity contribution in [2.45, 2.75) is 90.3 Å². The van der Waals surface area contributed by atoms with Crippen molar-refractivity contribution in [2.75, 3.05) is 18.0 Å². The number of hydrogen-bond donors (Lipinski definition) is 0. The van der Waals surface area contributed by atoms with Crippen LogP contribution in [0.3, 0.4) is 0 Å². The van der Waals surface area contributed by atoms with E-state index in [-0.39, 0.29) is 12.1 Å². The van der Waals surface area contributed by atoms with Gasteiger partial charge >= 0.3 is 6.09 Å². The van der Waals surface area contributed by atoms with Gasteiger partial charge in [0.25, 0.3) is 0 Å². The summed E-state index contributed by atoms with van der Waals surface area (Å²) in [6, 6.07) is 4.71. The number of carbonyl (C=O) groups is 1. The van der Waals surface area contributed by atoms with Crippen LogP contribution in [0.5, 0.6) is 0 Å². The third-order valence-corrected chi connectivity index (χ3v) is 5.56. The minimum Gasteiger partial charge on any atom is -0.443 e. The van der Waals surface area contributed by atoms with E-state index in [1.165, 1.54) is 18.4 Å². The predicted molar refractivity (Wildman–Crippen MR) is 109 cm³/mol. The van der Waals surface area contributed by atoms with Gasteiger partial charge in [0.1, 0.15) is 11.4 Å². The first kappa shape index (κ1) is 20.1. The van der Waals surface area contributed by atoms with Gasteiger partial charge in [0.2, 0.25) is 0 Å². The molecule has 5 nitrogen and oxygen atoms in total. The Bertz CT molecular complexity index is 635. The molecule has 27 heavy (non-hydrogen) atoms. The molecule has 0 radical (unpaired) electrons. The molecule has 150 valence electrons. The molecular formula is C22H35N3O2. The van der Waals surface area contributed by atoms with E-state index in [4.69, 9.17) is 9.72 Å². The van der Waals surface area contributed by atoms with E-state index in [1.807, 2.05) is 37.9 Å². The summed E-state index contributed by atoms with van der Waals surface area (Å²) < 4.78 is 5.76. The molecule has 1 aliphatic heterocycles. The molecule has 1 amide bonds. The average molecular weight is 374 g/mol. The summed E-state index contributed by atoms with van der Waals surface area (Å²) in [5.41, 5.74) is 0.677. The Morgan fingerprint density at radius 1 is 1.26 bits per heavy atom. The monoisotopic (exact) mass is 373 g/mol. The highest BCUT2D eigenvalue weighted by molar-refractivity contribution is 5.88. The lowest BCUT2D eigenvalue weighted by Crippen LogP contribution is -2.48. The fourth-order valence-electron chi connectivity index (χ4n) is 4.13. The Labute approximate surface area is 164 Å². The number of aromatic nitrogens is 1. The lowest BCUT2D eigenvalue weighted by atomic mass is 9.90. The molecule has 0 N–H and O–H groups in total. The first-order valence-electron chi connectivity index (χ1n) is 10.6. The Morgan fingerprint density at radius 2 is 2.04 bits per heavy atom. The van der Waals surface area contributed by atoms with Crippen LogP contribution in [0, 0.1) is 0 Å². The lowest BCUT2D eigenvalue weighted by molar-refractivity contribution is 0.0546. The largest absolute Gasteiger partial charge is 0.443 e. The van der Waals surface area contributed by atoms with Crippen LogP contribution in [0.4, 0.5) is 10.6 Å². The Kier molecular flexibility index (Phi) is 6.40. The number of nitrogens with zero attached hydrogens (tertiary/aromatic N) is 3. The average Bonchev–Trinajstić information content (AvgIpc) is 2.57. The Balaban J connectivity index is 1.94. The molecule has 2 fully saturated rings.